The highest BCUT2D eigenvalue weighted by Crippen LogP contribution is 2.41. The highest BCUT2D eigenvalue weighted by molar-refractivity contribution is 6.17. The molecule has 570 valence electrons. The fourth-order valence-corrected chi connectivity index (χ4v) is 13.1. The molecule has 0 aliphatic rings. The van der Waals surface area contributed by atoms with Gasteiger partial charge >= 0.3 is 11.9 Å². The molecule has 0 radical (unpaired) electrons. The van der Waals surface area contributed by atoms with E-state index in [4.69, 9.17) is 87.7 Å². The zero-order valence-corrected chi connectivity index (χ0v) is 63.2. The second kappa shape index (κ2) is 36.4. The highest BCUT2D eigenvalue weighted by atomic mass is 16.7. The molecule has 22 nitrogen and oxygen atoms in total. The number of hydrogen-bond acceptors (Lipinski definition) is 22. The van der Waals surface area contributed by atoms with Crippen molar-refractivity contribution in [3.05, 3.63) is 359 Å². The Morgan fingerprint density at radius 1 is 0.233 bits per heavy atom. The van der Waals surface area contributed by atoms with Crippen LogP contribution in [0.25, 0.3) is 101 Å². The summed E-state index contributed by atoms with van der Waals surface area (Å²) in [6.45, 7) is 4.82. The molecule has 0 saturated carbocycles. The number of fused-ring (bicyclic) bond motifs is 2. The first-order valence-electron chi connectivity index (χ1n) is 37.5. The second-order valence-corrected chi connectivity index (χ2v) is 26.9. The van der Waals surface area contributed by atoms with E-state index in [1.165, 1.54) is 0 Å². The van der Waals surface area contributed by atoms with Gasteiger partial charge in [-0.25, -0.2) is 59.4 Å². The maximum atomic E-state index is 14.8. The van der Waals surface area contributed by atoms with Crippen LogP contribution in [0.2, 0.25) is 0 Å². The number of pyridine rings is 12. The number of carbonyl (C=O) groups excluding carboxylic acids is 2. The van der Waals surface area contributed by atoms with Crippen molar-refractivity contribution in [1.29, 1.82) is 0 Å². The van der Waals surface area contributed by atoms with Crippen molar-refractivity contribution in [1.82, 2.24) is 59.8 Å². The van der Waals surface area contributed by atoms with Crippen molar-refractivity contribution in [2.24, 2.45) is 0 Å². The van der Waals surface area contributed by atoms with E-state index in [1.54, 1.807) is 36.4 Å². The molecule has 0 fully saturated rings. The average Bonchev–Trinajstić information content (AvgIpc) is 0.743. The van der Waals surface area contributed by atoms with Gasteiger partial charge in [-0.2, -0.15) is 0 Å². The Morgan fingerprint density at radius 3 is 0.784 bits per heavy atom. The van der Waals surface area contributed by atoms with Crippen LogP contribution in [-0.4, -0.2) is 85.3 Å². The van der Waals surface area contributed by atoms with E-state index in [0.29, 0.717) is 103 Å². The van der Waals surface area contributed by atoms with Crippen molar-refractivity contribution in [2.45, 2.75) is 66.7 Å². The predicted octanol–water partition coefficient (Wildman–Crippen LogP) is 18.3. The van der Waals surface area contributed by atoms with Gasteiger partial charge in [-0.1, -0.05) is 133 Å². The summed E-state index contributed by atoms with van der Waals surface area (Å²) >= 11 is 0. The minimum Gasteiger partial charge on any atom is -0.456 e. The van der Waals surface area contributed by atoms with Crippen molar-refractivity contribution in [3.8, 4) is 91.2 Å². The molecule has 12 aromatic heterocycles. The minimum absolute atomic E-state index is 0.0289. The van der Waals surface area contributed by atoms with Gasteiger partial charge < -0.3 is 37.9 Å². The Bertz CT molecular complexity index is 5860. The van der Waals surface area contributed by atoms with Crippen molar-refractivity contribution in [2.75, 3.05) is 13.6 Å². The number of rotatable bonds is 31. The Labute approximate surface area is 668 Å². The molecule has 0 spiro atoms. The first kappa shape index (κ1) is 75.6. The lowest BCUT2D eigenvalue weighted by Gasteiger charge is -2.18. The minimum atomic E-state index is -0.616. The van der Waals surface area contributed by atoms with Crippen molar-refractivity contribution < 1.29 is 47.5 Å². The lowest BCUT2D eigenvalue weighted by atomic mass is 9.87. The predicted molar refractivity (Wildman–Crippen MR) is 437 cm³/mol. The number of benzene rings is 4. The van der Waals surface area contributed by atoms with E-state index < -0.39 is 11.9 Å². The summed E-state index contributed by atoms with van der Waals surface area (Å²) < 4.78 is 48.1. The summed E-state index contributed by atoms with van der Waals surface area (Å²) in [5.74, 6) is -0.458. The lowest BCUT2D eigenvalue weighted by Crippen LogP contribution is -2.12. The average molecular weight is 1530 g/mol. The molecule has 116 heavy (non-hydrogen) atoms. The molecule has 0 saturated heterocycles. The first-order valence-corrected chi connectivity index (χ1v) is 37.5. The number of carbonyl (C=O) groups is 2. The van der Waals surface area contributed by atoms with Crippen LogP contribution in [0.1, 0.15) is 77.7 Å². The van der Waals surface area contributed by atoms with Crippen LogP contribution in [-0.2, 0) is 81.3 Å². The Hall–Kier alpha value is -14.4. The van der Waals surface area contributed by atoms with E-state index >= 15 is 0 Å². The van der Waals surface area contributed by atoms with E-state index in [-0.39, 0.29) is 77.6 Å². The number of aromatic nitrogens is 12. The summed E-state index contributed by atoms with van der Waals surface area (Å²) in [6, 6.07) is 90.5. The summed E-state index contributed by atoms with van der Waals surface area (Å²) in [5, 5.41) is 3.17. The molecule has 16 aromatic rings. The highest BCUT2D eigenvalue weighted by Gasteiger charge is 2.26. The number of nitrogens with zero attached hydrogens (tertiary/aromatic N) is 12. The molecule has 12 heterocycles. The summed E-state index contributed by atoms with van der Waals surface area (Å²) in [6.07, 6.45) is 0. The lowest BCUT2D eigenvalue weighted by molar-refractivity contribution is 0.00116. The van der Waals surface area contributed by atoms with Gasteiger partial charge in [0.1, 0.15) is 13.2 Å². The third-order valence-corrected chi connectivity index (χ3v) is 18.6. The summed E-state index contributed by atoms with van der Waals surface area (Å²) in [7, 11) is 0. The molecular weight excluding hydrogens is 1460 g/mol. The molecule has 0 atom stereocenters. The van der Waals surface area contributed by atoms with Crippen LogP contribution in [0.3, 0.4) is 0 Å². The molecule has 0 aliphatic heterocycles. The quantitative estimate of drug-likeness (QED) is 0.0222. The standard InChI is InChI=1S/C94H74N12O10/c1-61-19-7-33-77(95-61)79-35-13-27-69(101-79)55-111-59-115-89-45-17-43-87(105-89)85-41-11-25-67(99-85)53-109-51-65-23-9-37-81(97-65)83-39-15-29-71(103-83)57-113-93(107)75-49-47-63-21-3-5-31-73(63)91(75)92-74-32-6-4-22-64(74)48-50-76(92)94(108)114-58-72-30-16-40-84(104-72)82-38-10-24-66(98-82)52-110-54-68-26-12-42-86(100-68)88-44-18-46-90(106-88)116-60-112-56-70-28-14-36-80(102-70)78-34-8-20-62(2)96-78/h3-50H,51-60H2,1-2H3. The van der Waals surface area contributed by atoms with Gasteiger partial charge in [-0.05, 0) is 181 Å². The molecule has 0 amide bonds. The maximum absolute atomic E-state index is 14.8. The van der Waals surface area contributed by atoms with Gasteiger partial charge in [-0.15, -0.1) is 0 Å². The van der Waals surface area contributed by atoms with E-state index in [0.717, 1.165) is 67.1 Å². The van der Waals surface area contributed by atoms with Crippen LogP contribution in [0.4, 0.5) is 0 Å². The van der Waals surface area contributed by atoms with Gasteiger partial charge in [0, 0.05) is 34.6 Å². The molecule has 16 rings (SSSR count). The normalized spacial score (nSPS) is 11.2. The Kier molecular flexibility index (Phi) is 23.7. The summed E-state index contributed by atoms with van der Waals surface area (Å²) in [5.41, 5.74) is 16.7. The zero-order valence-electron chi connectivity index (χ0n) is 63.2. The van der Waals surface area contributed by atoms with Crippen LogP contribution in [0.15, 0.2) is 291 Å². The van der Waals surface area contributed by atoms with Gasteiger partial charge in [0.2, 0.25) is 11.8 Å². The third-order valence-electron chi connectivity index (χ3n) is 18.6. The topological polar surface area (TPSA) is 263 Å². The SMILES string of the molecule is Cc1cccc(-c2cccc(COCOc3cccc(-c4cccc(COCc5cccc(-c6cccc(COC(=O)c7ccc8ccccc8c7-c7c(C(=O)OCc8cccc(-c9cccc(COCc%10cccc(-c%11cccc(OCOCc%12cccc(-c%13cccc(C)n%13)n%12)n%11)n%10)n9)n8)ccc8ccccc78)n6)n5)n4)n3)n2)n1. The van der Waals surface area contributed by atoms with Gasteiger partial charge in [0.25, 0.3) is 0 Å². The first-order chi connectivity index (χ1) is 57.1. The Morgan fingerprint density at radius 2 is 0.483 bits per heavy atom. The van der Waals surface area contributed by atoms with E-state index in [1.807, 2.05) is 269 Å². The van der Waals surface area contributed by atoms with Gasteiger partial charge in [0.05, 0.1) is 165 Å². The van der Waals surface area contributed by atoms with Gasteiger partial charge in [0.15, 0.2) is 13.6 Å². The zero-order chi connectivity index (χ0) is 78.8. The molecule has 22 heteroatoms. The number of esters is 2. The second-order valence-electron chi connectivity index (χ2n) is 26.9. The van der Waals surface area contributed by atoms with E-state index in [9.17, 15) is 9.59 Å². The number of aryl methyl sites for hydroxylation is 2. The molecular formula is C94H74N12O10. The smallest absolute Gasteiger partial charge is 0.339 e. The van der Waals surface area contributed by atoms with Crippen LogP contribution < -0.4 is 9.47 Å². The van der Waals surface area contributed by atoms with Crippen LogP contribution >= 0.6 is 0 Å². The largest absolute Gasteiger partial charge is 0.456 e. The fourth-order valence-electron chi connectivity index (χ4n) is 13.1. The third kappa shape index (κ3) is 19.0. The van der Waals surface area contributed by atoms with Crippen LogP contribution in [0.5, 0.6) is 11.8 Å². The molecule has 0 bridgehead atoms. The molecule has 4 aromatic carbocycles. The summed E-state index contributed by atoms with van der Waals surface area (Å²) in [4.78, 5) is 86.9. The monoisotopic (exact) mass is 1530 g/mol. The fraction of sp³-hybridized carbons (Fsp3) is 0.128. The molecule has 0 unspecified atom stereocenters. The van der Waals surface area contributed by atoms with E-state index in [2.05, 4.69) is 9.97 Å². The van der Waals surface area contributed by atoms with Crippen LogP contribution in [0, 0.1) is 13.8 Å². The maximum Gasteiger partial charge on any atom is 0.339 e. The molecule has 0 N–H and O–H groups in total. The number of ether oxygens (including phenoxy) is 8. The van der Waals surface area contributed by atoms with Crippen molar-refractivity contribution >= 4 is 33.5 Å². The molecule has 0 aliphatic carbocycles. The Balaban J connectivity index is 0.528. The number of hydrogen-bond donors (Lipinski definition) is 0. The van der Waals surface area contributed by atoms with Crippen molar-refractivity contribution in [3.63, 3.8) is 0 Å². The van der Waals surface area contributed by atoms with Gasteiger partial charge in [-0.3, -0.25) is 9.97 Å².